The summed E-state index contributed by atoms with van der Waals surface area (Å²) in [6.07, 6.45) is 1.19. The Labute approximate surface area is 104 Å². The summed E-state index contributed by atoms with van der Waals surface area (Å²) in [7, 11) is 0. The highest BCUT2D eigenvalue weighted by Gasteiger charge is 2.45. The van der Waals surface area contributed by atoms with Gasteiger partial charge >= 0.3 is 0 Å². The third-order valence-corrected chi connectivity index (χ3v) is 4.19. The van der Waals surface area contributed by atoms with E-state index in [0.717, 1.165) is 12.1 Å². The van der Waals surface area contributed by atoms with E-state index in [1.54, 1.807) is 6.07 Å². The maximum absolute atomic E-state index is 13.8. The minimum Gasteiger partial charge on any atom is -0.330 e. The van der Waals surface area contributed by atoms with Crippen molar-refractivity contribution in [2.45, 2.75) is 26.8 Å². The second-order valence-corrected chi connectivity index (χ2v) is 5.95. The van der Waals surface area contributed by atoms with Crippen LogP contribution in [-0.2, 0) is 6.54 Å². The van der Waals surface area contributed by atoms with Crippen molar-refractivity contribution in [1.82, 2.24) is 9.55 Å². The van der Waals surface area contributed by atoms with Crippen molar-refractivity contribution in [3.8, 4) is 0 Å². The highest BCUT2D eigenvalue weighted by molar-refractivity contribution is 7.71. The van der Waals surface area contributed by atoms with E-state index in [9.17, 15) is 4.39 Å². The molecule has 1 saturated carbocycles. The van der Waals surface area contributed by atoms with Crippen LogP contribution >= 0.6 is 12.2 Å². The first-order chi connectivity index (χ1) is 7.99. The molecule has 2 nitrogen and oxygen atoms in total. The Bertz CT molecular complexity index is 638. The molecule has 0 bridgehead atoms. The summed E-state index contributed by atoms with van der Waals surface area (Å²) in [5.41, 5.74) is 1.78. The Morgan fingerprint density at radius 3 is 2.88 bits per heavy atom. The van der Waals surface area contributed by atoms with E-state index < -0.39 is 0 Å². The predicted octanol–water partition coefficient (Wildman–Crippen LogP) is 3.88. The van der Waals surface area contributed by atoms with Crippen LogP contribution in [0.1, 0.15) is 20.3 Å². The van der Waals surface area contributed by atoms with Crippen LogP contribution < -0.4 is 0 Å². The standard InChI is InChI=1S/C13H15FN2S/c1-13(2)6-8(13)7-16-11-9(14)4-3-5-10(11)15-12(16)17/h3-5,8H,6-7H2,1-2H3,(H,15,17). The van der Waals surface area contributed by atoms with Gasteiger partial charge in [0.05, 0.1) is 5.52 Å². The van der Waals surface area contributed by atoms with Crippen LogP contribution in [0.25, 0.3) is 11.0 Å². The van der Waals surface area contributed by atoms with E-state index in [0.29, 0.717) is 21.6 Å². The molecule has 1 N–H and O–H groups in total. The number of fused-ring (bicyclic) bond motifs is 1. The van der Waals surface area contributed by atoms with Gasteiger partial charge < -0.3 is 9.55 Å². The van der Waals surface area contributed by atoms with Crippen LogP contribution in [0.2, 0.25) is 0 Å². The summed E-state index contributed by atoms with van der Waals surface area (Å²) in [5, 5.41) is 0. The Morgan fingerprint density at radius 2 is 2.24 bits per heavy atom. The fourth-order valence-electron chi connectivity index (χ4n) is 2.46. The van der Waals surface area contributed by atoms with Gasteiger partial charge in [-0.25, -0.2) is 4.39 Å². The van der Waals surface area contributed by atoms with Crippen molar-refractivity contribution in [2.75, 3.05) is 0 Å². The van der Waals surface area contributed by atoms with E-state index in [4.69, 9.17) is 12.2 Å². The Morgan fingerprint density at radius 1 is 1.53 bits per heavy atom. The van der Waals surface area contributed by atoms with Crippen molar-refractivity contribution < 1.29 is 4.39 Å². The van der Waals surface area contributed by atoms with Crippen molar-refractivity contribution in [3.63, 3.8) is 0 Å². The van der Waals surface area contributed by atoms with Crippen molar-refractivity contribution >= 4 is 23.3 Å². The van der Waals surface area contributed by atoms with E-state index >= 15 is 0 Å². The molecular formula is C13H15FN2S. The molecule has 90 valence electrons. The average molecular weight is 250 g/mol. The Balaban J connectivity index is 2.10. The number of H-pyrrole nitrogens is 1. The van der Waals surface area contributed by atoms with Gasteiger partial charge in [-0.3, -0.25) is 0 Å². The summed E-state index contributed by atoms with van der Waals surface area (Å²) < 4.78 is 16.4. The van der Waals surface area contributed by atoms with Crippen LogP contribution in [0.5, 0.6) is 0 Å². The first-order valence-electron chi connectivity index (χ1n) is 5.86. The fraction of sp³-hybridized carbons (Fsp3) is 0.462. The maximum atomic E-state index is 13.8. The van der Waals surface area contributed by atoms with Crippen LogP contribution in [0.4, 0.5) is 4.39 Å². The molecule has 1 heterocycles. The number of aromatic nitrogens is 2. The van der Waals surface area contributed by atoms with E-state index in [-0.39, 0.29) is 5.82 Å². The molecule has 1 unspecified atom stereocenters. The number of nitrogens with one attached hydrogen (secondary N) is 1. The second kappa shape index (κ2) is 3.42. The third kappa shape index (κ3) is 1.71. The summed E-state index contributed by atoms with van der Waals surface area (Å²) >= 11 is 5.27. The van der Waals surface area contributed by atoms with Crippen LogP contribution in [0.3, 0.4) is 0 Å². The third-order valence-electron chi connectivity index (χ3n) is 3.86. The molecule has 0 aliphatic heterocycles. The van der Waals surface area contributed by atoms with Gasteiger partial charge in [-0.15, -0.1) is 0 Å². The summed E-state index contributed by atoms with van der Waals surface area (Å²) in [5.74, 6) is 0.404. The normalized spacial score (nSPS) is 21.9. The van der Waals surface area contributed by atoms with Gasteiger partial charge in [0, 0.05) is 6.54 Å². The number of nitrogens with zero attached hydrogens (tertiary/aromatic N) is 1. The molecule has 0 spiro atoms. The fourth-order valence-corrected chi connectivity index (χ4v) is 2.73. The average Bonchev–Trinajstić information content (AvgIpc) is 2.69. The number of hydrogen-bond acceptors (Lipinski definition) is 1. The van der Waals surface area contributed by atoms with E-state index in [1.165, 1.54) is 12.5 Å². The topological polar surface area (TPSA) is 20.7 Å². The summed E-state index contributed by atoms with van der Waals surface area (Å²) in [6, 6.07) is 5.05. The Kier molecular flexibility index (Phi) is 2.20. The lowest BCUT2D eigenvalue weighted by atomic mass is 10.1. The number of halogens is 1. The number of rotatable bonds is 2. The minimum atomic E-state index is -0.201. The minimum absolute atomic E-state index is 0.201. The molecule has 1 atom stereocenters. The predicted molar refractivity (Wildman–Crippen MR) is 69.0 cm³/mol. The van der Waals surface area contributed by atoms with E-state index in [2.05, 4.69) is 18.8 Å². The lowest BCUT2D eigenvalue weighted by molar-refractivity contribution is 0.498. The van der Waals surface area contributed by atoms with Crippen molar-refractivity contribution in [3.05, 3.63) is 28.8 Å². The molecule has 1 aromatic heterocycles. The molecule has 0 saturated heterocycles. The molecule has 1 fully saturated rings. The number of aromatic amines is 1. The van der Waals surface area contributed by atoms with Gasteiger partial charge in [-0.05, 0) is 42.1 Å². The molecule has 17 heavy (non-hydrogen) atoms. The molecule has 0 radical (unpaired) electrons. The maximum Gasteiger partial charge on any atom is 0.178 e. The highest BCUT2D eigenvalue weighted by atomic mass is 32.1. The quantitative estimate of drug-likeness (QED) is 0.802. The monoisotopic (exact) mass is 250 g/mol. The van der Waals surface area contributed by atoms with Gasteiger partial charge in [0.25, 0.3) is 0 Å². The first kappa shape index (κ1) is 11.0. The first-order valence-corrected chi connectivity index (χ1v) is 6.27. The van der Waals surface area contributed by atoms with Crippen LogP contribution in [0, 0.1) is 21.9 Å². The molecule has 2 aromatic rings. The smallest absolute Gasteiger partial charge is 0.178 e. The lowest BCUT2D eigenvalue weighted by Crippen LogP contribution is -2.04. The molecular weight excluding hydrogens is 235 g/mol. The van der Waals surface area contributed by atoms with Gasteiger partial charge in [-0.1, -0.05) is 19.9 Å². The molecule has 3 rings (SSSR count). The molecule has 1 aliphatic rings. The SMILES string of the molecule is CC1(C)CC1Cn1c(=S)[nH]c2cccc(F)c21. The molecule has 1 aliphatic carbocycles. The van der Waals surface area contributed by atoms with Gasteiger partial charge in [0.2, 0.25) is 0 Å². The molecule has 4 heteroatoms. The number of para-hydroxylation sites is 1. The lowest BCUT2D eigenvalue weighted by Gasteiger charge is -2.06. The van der Waals surface area contributed by atoms with Crippen LogP contribution in [0.15, 0.2) is 18.2 Å². The van der Waals surface area contributed by atoms with Crippen molar-refractivity contribution in [1.29, 1.82) is 0 Å². The zero-order valence-electron chi connectivity index (χ0n) is 9.96. The summed E-state index contributed by atoms with van der Waals surface area (Å²) in [4.78, 5) is 3.07. The zero-order chi connectivity index (χ0) is 12.2. The largest absolute Gasteiger partial charge is 0.330 e. The number of hydrogen-bond donors (Lipinski definition) is 1. The van der Waals surface area contributed by atoms with Gasteiger partial charge in [-0.2, -0.15) is 0 Å². The van der Waals surface area contributed by atoms with Crippen molar-refractivity contribution in [2.24, 2.45) is 11.3 Å². The van der Waals surface area contributed by atoms with Gasteiger partial charge in [0.1, 0.15) is 11.3 Å². The van der Waals surface area contributed by atoms with E-state index in [1.807, 2.05) is 10.6 Å². The highest BCUT2D eigenvalue weighted by Crippen LogP contribution is 2.52. The number of imidazole rings is 1. The second-order valence-electron chi connectivity index (χ2n) is 5.57. The molecule has 1 aromatic carbocycles. The van der Waals surface area contributed by atoms with Crippen LogP contribution in [-0.4, -0.2) is 9.55 Å². The van der Waals surface area contributed by atoms with Gasteiger partial charge in [0.15, 0.2) is 4.77 Å². The molecule has 0 amide bonds. The zero-order valence-corrected chi connectivity index (χ0v) is 10.8. The summed E-state index contributed by atoms with van der Waals surface area (Å²) in [6.45, 7) is 5.30. The number of benzene rings is 1. The Hall–Kier alpha value is -1.16.